The number of anilines is 1. The van der Waals surface area contributed by atoms with Crippen LogP contribution in [-0.4, -0.2) is 16.2 Å². The number of carboxylic acids is 1. The van der Waals surface area contributed by atoms with Gasteiger partial charge in [0.1, 0.15) is 10.6 Å². The molecule has 0 saturated heterocycles. The lowest BCUT2D eigenvalue weighted by Crippen LogP contribution is -2.07. The fraction of sp³-hybridized carbons (Fsp3) is 0.125. The largest absolute Gasteiger partial charge is 0.507 e. The molecule has 0 aliphatic rings. The van der Waals surface area contributed by atoms with Gasteiger partial charge in [-0.3, -0.25) is 4.79 Å². The van der Waals surface area contributed by atoms with Gasteiger partial charge in [0.2, 0.25) is 0 Å². The second-order valence-electron chi connectivity index (χ2n) is 2.63. The number of nitrogen functional groups attached to an aromatic ring is 1. The van der Waals surface area contributed by atoms with Crippen LogP contribution < -0.4 is 5.73 Å². The molecule has 0 saturated carbocycles. The summed E-state index contributed by atoms with van der Waals surface area (Å²) in [5, 5.41) is 18.1. The van der Waals surface area contributed by atoms with Gasteiger partial charge in [0.05, 0.1) is 4.47 Å². The van der Waals surface area contributed by atoms with Gasteiger partial charge in [0.25, 0.3) is 0 Å². The average Bonchev–Trinajstić information content (AvgIpc) is 2.10. The molecule has 1 rings (SSSR count). The van der Waals surface area contributed by atoms with E-state index in [1.54, 1.807) is 0 Å². The van der Waals surface area contributed by atoms with E-state index in [0.29, 0.717) is 15.7 Å². The minimum absolute atomic E-state index is 0.0418. The van der Waals surface area contributed by atoms with E-state index >= 15 is 0 Å². The first kappa shape index (κ1) is 11.3. The van der Waals surface area contributed by atoms with Gasteiger partial charge in [-0.15, -0.1) is 0 Å². The highest BCUT2D eigenvalue weighted by atomic mass is 79.9. The third-order valence-electron chi connectivity index (χ3n) is 1.64. The molecule has 0 bridgehead atoms. The van der Waals surface area contributed by atoms with Crippen LogP contribution in [0.5, 0.6) is 5.75 Å². The van der Waals surface area contributed by atoms with E-state index in [-0.39, 0.29) is 5.75 Å². The Kier molecular flexibility index (Phi) is 3.38. The number of nitrogens with two attached hydrogens (primary N) is 1. The SMILES string of the molecule is Nc1cc(Br)c(O)cc1C(Br)C(=O)O. The average molecular weight is 325 g/mol. The van der Waals surface area contributed by atoms with Crippen molar-refractivity contribution in [2.75, 3.05) is 5.73 Å². The molecule has 0 amide bonds. The van der Waals surface area contributed by atoms with Crippen molar-refractivity contribution < 1.29 is 15.0 Å². The van der Waals surface area contributed by atoms with Gasteiger partial charge in [0, 0.05) is 11.3 Å². The Morgan fingerprint density at radius 2 is 2.07 bits per heavy atom. The first-order valence-corrected chi connectivity index (χ1v) is 5.29. The first-order valence-electron chi connectivity index (χ1n) is 3.58. The highest BCUT2D eigenvalue weighted by Crippen LogP contribution is 2.35. The highest BCUT2D eigenvalue weighted by Gasteiger charge is 2.19. The molecular weight excluding hydrogens is 318 g/mol. The van der Waals surface area contributed by atoms with Crippen LogP contribution in [0.25, 0.3) is 0 Å². The Bertz CT molecular complexity index is 381. The van der Waals surface area contributed by atoms with E-state index in [1.165, 1.54) is 12.1 Å². The minimum Gasteiger partial charge on any atom is -0.507 e. The molecule has 4 nitrogen and oxygen atoms in total. The van der Waals surface area contributed by atoms with Crippen molar-refractivity contribution in [3.05, 3.63) is 22.2 Å². The zero-order valence-corrected chi connectivity index (χ0v) is 10.0. The number of carbonyl (C=O) groups is 1. The van der Waals surface area contributed by atoms with Gasteiger partial charge in [0.15, 0.2) is 0 Å². The van der Waals surface area contributed by atoms with Crippen LogP contribution in [0.3, 0.4) is 0 Å². The summed E-state index contributed by atoms with van der Waals surface area (Å²) < 4.78 is 0.434. The maximum absolute atomic E-state index is 10.7. The van der Waals surface area contributed by atoms with Crippen molar-refractivity contribution in [3.8, 4) is 5.75 Å². The summed E-state index contributed by atoms with van der Waals surface area (Å²) in [5.41, 5.74) is 6.23. The zero-order valence-electron chi connectivity index (χ0n) is 6.87. The Morgan fingerprint density at radius 3 is 2.57 bits per heavy atom. The Labute approximate surface area is 97.0 Å². The second kappa shape index (κ2) is 4.18. The molecule has 0 aromatic heterocycles. The summed E-state index contributed by atoms with van der Waals surface area (Å²) in [4.78, 5) is 9.74. The van der Waals surface area contributed by atoms with Crippen LogP contribution in [0, 0.1) is 0 Å². The Morgan fingerprint density at radius 1 is 1.50 bits per heavy atom. The van der Waals surface area contributed by atoms with Gasteiger partial charge < -0.3 is 15.9 Å². The van der Waals surface area contributed by atoms with E-state index in [9.17, 15) is 9.90 Å². The normalized spacial score (nSPS) is 12.4. The van der Waals surface area contributed by atoms with Gasteiger partial charge in [-0.2, -0.15) is 0 Å². The molecule has 6 heteroatoms. The third-order valence-corrected chi connectivity index (χ3v) is 3.16. The maximum Gasteiger partial charge on any atom is 0.321 e. The first-order chi connectivity index (χ1) is 6.43. The number of carboxylic acid groups (broad SMARTS) is 1. The standard InChI is InChI=1S/C8H7Br2NO3/c9-4-2-5(11)3(1-6(4)12)7(10)8(13)14/h1-2,7,12H,11H2,(H,13,14). The fourth-order valence-corrected chi connectivity index (χ4v) is 1.70. The fourth-order valence-electron chi connectivity index (χ4n) is 0.946. The van der Waals surface area contributed by atoms with Crippen LogP contribution in [-0.2, 0) is 4.79 Å². The van der Waals surface area contributed by atoms with Crippen molar-refractivity contribution in [1.29, 1.82) is 0 Å². The number of rotatable bonds is 2. The topological polar surface area (TPSA) is 83.5 Å². The van der Waals surface area contributed by atoms with E-state index in [2.05, 4.69) is 31.9 Å². The van der Waals surface area contributed by atoms with E-state index in [4.69, 9.17) is 10.8 Å². The van der Waals surface area contributed by atoms with Crippen molar-refractivity contribution in [2.24, 2.45) is 0 Å². The molecule has 14 heavy (non-hydrogen) atoms. The van der Waals surface area contributed by atoms with Gasteiger partial charge in [-0.05, 0) is 28.1 Å². The molecule has 1 aromatic carbocycles. The number of halogens is 2. The predicted molar refractivity (Wildman–Crippen MR) is 59.5 cm³/mol. The van der Waals surface area contributed by atoms with Crippen molar-refractivity contribution in [2.45, 2.75) is 4.83 Å². The van der Waals surface area contributed by atoms with E-state index < -0.39 is 10.8 Å². The van der Waals surface area contributed by atoms with Crippen LogP contribution in [0.4, 0.5) is 5.69 Å². The minimum atomic E-state index is -1.06. The Balaban J connectivity index is 3.22. The number of aliphatic carboxylic acids is 1. The van der Waals surface area contributed by atoms with Crippen LogP contribution in [0.2, 0.25) is 0 Å². The molecule has 1 unspecified atom stereocenters. The molecule has 1 aromatic rings. The summed E-state index contributed by atoms with van der Waals surface area (Å²) in [6, 6.07) is 2.77. The second-order valence-corrected chi connectivity index (χ2v) is 4.40. The summed E-state index contributed by atoms with van der Waals surface area (Å²) in [5.74, 6) is -1.10. The van der Waals surface area contributed by atoms with Gasteiger partial charge in [-0.25, -0.2) is 0 Å². The molecule has 0 aliphatic heterocycles. The van der Waals surface area contributed by atoms with Crippen LogP contribution in [0.15, 0.2) is 16.6 Å². The number of benzene rings is 1. The Hall–Kier alpha value is -0.750. The molecule has 0 aliphatic carbocycles. The molecule has 1 atom stereocenters. The highest BCUT2D eigenvalue weighted by molar-refractivity contribution is 9.10. The summed E-state index contributed by atoms with van der Waals surface area (Å²) >= 11 is 6.03. The summed E-state index contributed by atoms with van der Waals surface area (Å²) in [6.45, 7) is 0. The van der Waals surface area contributed by atoms with E-state index in [1.807, 2.05) is 0 Å². The number of aromatic hydroxyl groups is 1. The lowest BCUT2D eigenvalue weighted by molar-refractivity contribution is -0.136. The smallest absolute Gasteiger partial charge is 0.321 e. The molecule has 0 radical (unpaired) electrons. The molecule has 0 fully saturated rings. The number of hydrogen-bond acceptors (Lipinski definition) is 3. The quantitative estimate of drug-likeness (QED) is 0.442. The van der Waals surface area contributed by atoms with Gasteiger partial charge in [-0.1, -0.05) is 15.9 Å². The lowest BCUT2D eigenvalue weighted by Gasteiger charge is -2.10. The number of phenols is 1. The molecule has 4 N–H and O–H groups in total. The van der Waals surface area contributed by atoms with Crippen molar-refractivity contribution in [1.82, 2.24) is 0 Å². The molecular formula is C8H7Br2NO3. The number of phenolic OH excluding ortho intramolecular Hbond substituents is 1. The molecule has 0 heterocycles. The maximum atomic E-state index is 10.7. The lowest BCUT2D eigenvalue weighted by atomic mass is 10.1. The monoisotopic (exact) mass is 323 g/mol. The van der Waals surface area contributed by atoms with Crippen LogP contribution >= 0.6 is 31.9 Å². The zero-order chi connectivity index (χ0) is 10.9. The van der Waals surface area contributed by atoms with Crippen LogP contribution in [0.1, 0.15) is 10.4 Å². The van der Waals surface area contributed by atoms with Crippen molar-refractivity contribution in [3.63, 3.8) is 0 Å². The third kappa shape index (κ3) is 2.19. The van der Waals surface area contributed by atoms with Gasteiger partial charge >= 0.3 is 5.97 Å². The van der Waals surface area contributed by atoms with Crippen molar-refractivity contribution >= 4 is 43.5 Å². The molecule has 0 spiro atoms. The number of hydrogen-bond donors (Lipinski definition) is 3. The summed E-state index contributed by atoms with van der Waals surface area (Å²) in [7, 11) is 0. The van der Waals surface area contributed by atoms with E-state index in [0.717, 1.165) is 0 Å². The summed E-state index contributed by atoms with van der Waals surface area (Å²) in [6.07, 6.45) is 0. The predicted octanol–water partition coefficient (Wildman–Crippen LogP) is 2.26. The number of alkyl halides is 1. The molecule has 76 valence electrons.